The first kappa shape index (κ1) is 20.9. The Bertz CT molecular complexity index is 301. The third-order valence-corrected chi connectivity index (χ3v) is 4.61. The van der Waals surface area contributed by atoms with E-state index >= 15 is 0 Å². The van der Waals surface area contributed by atoms with Crippen molar-refractivity contribution in [2.45, 2.75) is 89.9 Å². The highest BCUT2D eigenvalue weighted by Gasteiger charge is 2.02. The molecule has 0 rings (SSSR count). The Morgan fingerprint density at radius 2 is 0.810 bits per heavy atom. The molecule has 0 aromatic carbocycles. The number of hydrogen-bond acceptors (Lipinski definition) is 3. The van der Waals surface area contributed by atoms with Gasteiger partial charge in [-0.1, -0.05) is 77.0 Å². The fraction of sp³-hybridized carbons (Fsp3) is 1.00. The van der Waals surface area contributed by atoms with Gasteiger partial charge in [-0.15, -0.1) is 0 Å². The van der Waals surface area contributed by atoms with Gasteiger partial charge in [0.1, 0.15) is 0 Å². The number of rotatable bonds is 16. The van der Waals surface area contributed by atoms with Crippen LogP contribution in [0.15, 0.2) is 0 Å². The molecule has 0 unspecified atom stereocenters. The largest absolute Gasteiger partial charge is 0.396 e. The van der Waals surface area contributed by atoms with Crippen LogP contribution in [0.1, 0.15) is 89.9 Å². The highest BCUT2D eigenvalue weighted by molar-refractivity contribution is 7.85. The van der Waals surface area contributed by atoms with Gasteiger partial charge in [0.05, 0.1) is 5.75 Å². The maximum Gasteiger partial charge on any atom is 0.264 e. The molecule has 0 aromatic heterocycles. The van der Waals surface area contributed by atoms with Gasteiger partial charge >= 0.3 is 0 Å². The first-order valence-corrected chi connectivity index (χ1v) is 10.2. The Labute approximate surface area is 131 Å². The summed E-state index contributed by atoms with van der Waals surface area (Å²) in [7, 11) is -3.75. The third-order valence-electron chi connectivity index (χ3n) is 3.81. The first-order chi connectivity index (χ1) is 10.1. The summed E-state index contributed by atoms with van der Waals surface area (Å²) in [4.78, 5) is 0. The summed E-state index contributed by atoms with van der Waals surface area (Å²) in [6, 6.07) is 0. The topological polar surface area (TPSA) is 74.6 Å². The molecule has 4 nitrogen and oxygen atoms in total. The molecule has 0 amide bonds. The third kappa shape index (κ3) is 19.9. The van der Waals surface area contributed by atoms with Crippen LogP contribution in [0.4, 0.5) is 0 Å². The van der Waals surface area contributed by atoms with Crippen LogP contribution in [-0.2, 0) is 10.1 Å². The molecule has 0 saturated heterocycles. The molecule has 0 aliphatic rings. The molecule has 128 valence electrons. The van der Waals surface area contributed by atoms with Crippen LogP contribution in [0, 0.1) is 0 Å². The predicted octanol–water partition coefficient (Wildman–Crippen LogP) is 4.33. The van der Waals surface area contributed by atoms with Gasteiger partial charge < -0.3 is 5.11 Å². The molecule has 0 aromatic rings. The lowest BCUT2D eigenvalue weighted by atomic mass is 10.0. The number of aliphatic hydroxyl groups excluding tert-OH is 1. The van der Waals surface area contributed by atoms with E-state index in [0.717, 1.165) is 25.7 Å². The minimum atomic E-state index is -3.75. The fourth-order valence-corrected chi connectivity index (χ4v) is 3.09. The van der Waals surface area contributed by atoms with E-state index in [2.05, 4.69) is 0 Å². The second kappa shape index (κ2) is 14.8. The number of aliphatic hydroxyl groups is 1. The maximum atomic E-state index is 10.5. The quantitative estimate of drug-likeness (QED) is 0.328. The van der Waals surface area contributed by atoms with Crippen LogP contribution < -0.4 is 0 Å². The zero-order valence-electron chi connectivity index (χ0n) is 13.4. The lowest BCUT2D eigenvalue weighted by Gasteiger charge is -2.03. The molecular weight excluding hydrogens is 288 g/mol. The van der Waals surface area contributed by atoms with Crippen LogP contribution in [0.5, 0.6) is 0 Å². The van der Waals surface area contributed by atoms with Crippen molar-refractivity contribution in [3.8, 4) is 0 Å². The smallest absolute Gasteiger partial charge is 0.264 e. The van der Waals surface area contributed by atoms with Crippen LogP contribution in [-0.4, -0.2) is 30.4 Å². The molecule has 0 fully saturated rings. The molecular formula is C16H34O4S. The molecule has 2 N–H and O–H groups in total. The van der Waals surface area contributed by atoms with E-state index in [1.807, 2.05) is 0 Å². The zero-order valence-corrected chi connectivity index (χ0v) is 14.2. The minimum absolute atomic E-state index is 0.0920. The number of hydrogen-bond donors (Lipinski definition) is 2. The Morgan fingerprint density at radius 3 is 1.10 bits per heavy atom. The van der Waals surface area contributed by atoms with E-state index < -0.39 is 10.1 Å². The molecule has 21 heavy (non-hydrogen) atoms. The molecule has 0 atom stereocenters. The molecule has 0 aliphatic heterocycles. The van der Waals surface area contributed by atoms with Gasteiger partial charge in [-0.3, -0.25) is 4.55 Å². The van der Waals surface area contributed by atoms with Gasteiger partial charge in [0.25, 0.3) is 10.1 Å². The van der Waals surface area contributed by atoms with Gasteiger partial charge in [0.15, 0.2) is 0 Å². The van der Waals surface area contributed by atoms with Crippen molar-refractivity contribution in [2.24, 2.45) is 0 Å². The van der Waals surface area contributed by atoms with Crippen molar-refractivity contribution in [3.05, 3.63) is 0 Å². The van der Waals surface area contributed by atoms with Gasteiger partial charge in [0, 0.05) is 6.61 Å². The van der Waals surface area contributed by atoms with Crippen LogP contribution in [0.25, 0.3) is 0 Å². The van der Waals surface area contributed by atoms with Gasteiger partial charge in [-0.25, -0.2) is 0 Å². The van der Waals surface area contributed by atoms with Crippen molar-refractivity contribution < 1.29 is 18.1 Å². The standard InChI is InChI=1S/C16H34O4S/c17-15-13-11-9-7-5-3-1-2-4-6-8-10-12-14-16-21(18,19)20/h17H,1-16H2,(H,18,19,20). The van der Waals surface area contributed by atoms with Crippen molar-refractivity contribution in [3.63, 3.8) is 0 Å². The van der Waals surface area contributed by atoms with Gasteiger partial charge in [-0.2, -0.15) is 8.42 Å². The molecule has 5 heteroatoms. The molecule has 0 bridgehead atoms. The van der Waals surface area contributed by atoms with Crippen molar-refractivity contribution >= 4 is 10.1 Å². The van der Waals surface area contributed by atoms with Crippen LogP contribution in [0.2, 0.25) is 0 Å². The van der Waals surface area contributed by atoms with Crippen molar-refractivity contribution in [2.75, 3.05) is 12.4 Å². The summed E-state index contributed by atoms with van der Waals surface area (Å²) in [6.45, 7) is 0.329. The van der Waals surface area contributed by atoms with E-state index in [1.54, 1.807) is 0 Å². The maximum absolute atomic E-state index is 10.5. The lowest BCUT2D eigenvalue weighted by Crippen LogP contribution is -2.03. The second-order valence-corrected chi connectivity index (χ2v) is 7.53. The Hall–Kier alpha value is -0.130. The Kier molecular flexibility index (Phi) is 14.7. The second-order valence-electron chi connectivity index (χ2n) is 5.96. The minimum Gasteiger partial charge on any atom is -0.396 e. The lowest BCUT2D eigenvalue weighted by molar-refractivity contribution is 0.282. The van der Waals surface area contributed by atoms with Gasteiger partial charge in [-0.05, 0) is 12.8 Å². The van der Waals surface area contributed by atoms with E-state index in [-0.39, 0.29) is 5.75 Å². The Morgan fingerprint density at radius 1 is 0.524 bits per heavy atom. The average molecular weight is 323 g/mol. The number of unbranched alkanes of at least 4 members (excludes halogenated alkanes) is 13. The summed E-state index contributed by atoms with van der Waals surface area (Å²) in [6.07, 6.45) is 16.2. The highest BCUT2D eigenvalue weighted by Crippen LogP contribution is 2.13. The van der Waals surface area contributed by atoms with Crippen molar-refractivity contribution in [1.82, 2.24) is 0 Å². The predicted molar refractivity (Wildman–Crippen MR) is 88.1 cm³/mol. The highest BCUT2D eigenvalue weighted by atomic mass is 32.2. The first-order valence-electron chi connectivity index (χ1n) is 8.62. The summed E-state index contributed by atoms with van der Waals surface area (Å²) < 4.78 is 29.6. The normalized spacial score (nSPS) is 11.9. The molecule has 0 saturated carbocycles. The van der Waals surface area contributed by atoms with E-state index in [9.17, 15) is 8.42 Å². The van der Waals surface area contributed by atoms with E-state index in [1.165, 1.54) is 57.8 Å². The van der Waals surface area contributed by atoms with E-state index in [0.29, 0.717) is 13.0 Å². The van der Waals surface area contributed by atoms with Crippen molar-refractivity contribution in [1.29, 1.82) is 0 Å². The fourth-order valence-electron chi connectivity index (χ4n) is 2.52. The molecule has 0 heterocycles. The average Bonchev–Trinajstić information content (AvgIpc) is 2.42. The summed E-state index contributed by atoms with van der Waals surface area (Å²) in [5.74, 6) is -0.0920. The van der Waals surface area contributed by atoms with Crippen LogP contribution >= 0.6 is 0 Å². The summed E-state index contributed by atoms with van der Waals surface area (Å²) in [5, 5.41) is 8.66. The Balaban J connectivity index is 3.03. The van der Waals surface area contributed by atoms with E-state index in [4.69, 9.17) is 9.66 Å². The van der Waals surface area contributed by atoms with Gasteiger partial charge in [0.2, 0.25) is 0 Å². The molecule has 0 aliphatic carbocycles. The van der Waals surface area contributed by atoms with Crippen LogP contribution in [0.3, 0.4) is 0 Å². The SMILES string of the molecule is O=S(=O)(O)CCCCCCCCCCCCCCCCO. The molecule has 0 radical (unpaired) electrons. The zero-order chi connectivity index (χ0) is 15.8. The monoisotopic (exact) mass is 322 g/mol. The molecule has 0 spiro atoms. The summed E-state index contributed by atoms with van der Waals surface area (Å²) >= 11 is 0. The summed E-state index contributed by atoms with van der Waals surface area (Å²) in [5.41, 5.74) is 0.